The fraction of sp³-hybridized carbons (Fsp3) is 0.143. The summed E-state index contributed by atoms with van der Waals surface area (Å²) in [7, 11) is 1.25. The summed E-state index contributed by atoms with van der Waals surface area (Å²) in [6.07, 6.45) is 0. The summed E-state index contributed by atoms with van der Waals surface area (Å²) in [5.74, 6) is -0.651. The van der Waals surface area contributed by atoms with Crippen molar-refractivity contribution in [2.24, 2.45) is 0 Å². The Labute approximate surface area is 132 Å². The van der Waals surface area contributed by atoms with E-state index in [1.807, 2.05) is 18.2 Å². The average molecular weight is 401 g/mol. The van der Waals surface area contributed by atoms with Gasteiger partial charge in [-0.25, -0.2) is 4.79 Å². The van der Waals surface area contributed by atoms with Gasteiger partial charge in [-0.05, 0) is 34.1 Å². The van der Waals surface area contributed by atoms with Gasteiger partial charge in [0.2, 0.25) is 0 Å². The quantitative estimate of drug-likeness (QED) is 0.586. The van der Waals surface area contributed by atoms with Crippen LogP contribution in [0, 0.1) is 0 Å². The average Bonchev–Trinajstić information content (AvgIpc) is 2.48. The number of alkyl halides is 1. The SMILES string of the molecule is COC(=O)c1cc(Br)c(CBr)n(-c2ccccc2)c1=O. The van der Waals surface area contributed by atoms with E-state index in [1.165, 1.54) is 17.7 Å². The number of pyridine rings is 1. The number of hydrogen-bond acceptors (Lipinski definition) is 3. The fourth-order valence-corrected chi connectivity index (χ4v) is 3.33. The van der Waals surface area contributed by atoms with E-state index >= 15 is 0 Å². The van der Waals surface area contributed by atoms with Crippen LogP contribution in [-0.4, -0.2) is 17.6 Å². The van der Waals surface area contributed by atoms with Crippen LogP contribution in [0.3, 0.4) is 0 Å². The molecule has 0 spiro atoms. The van der Waals surface area contributed by atoms with Crippen LogP contribution in [0.1, 0.15) is 16.1 Å². The Morgan fingerprint density at radius 1 is 1.30 bits per heavy atom. The third kappa shape index (κ3) is 2.71. The van der Waals surface area contributed by atoms with Crippen molar-refractivity contribution in [1.82, 2.24) is 4.57 Å². The summed E-state index contributed by atoms with van der Waals surface area (Å²) >= 11 is 6.75. The lowest BCUT2D eigenvalue weighted by atomic mass is 10.2. The molecule has 0 aliphatic carbocycles. The van der Waals surface area contributed by atoms with Crippen molar-refractivity contribution in [2.45, 2.75) is 5.33 Å². The van der Waals surface area contributed by atoms with Crippen molar-refractivity contribution < 1.29 is 9.53 Å². The first-order valence-corrected chi connectivity index (χ1v) is 7.65. The zero-order chi connectivity index (χ0) is 14.7. The second-order valence-electron chi connectivity index (χ2n) is 3.95. The molecule has 1 aromatic heterocycles. The van der Waals surface area contributed by atoms with Gasteiger partial charge in [-0.3, -0.25) is 9.36 Å². The molecule has 0 fully saturated rings. The second-order valence-corrected chi connectivity index (χ2v) is 5.37. The summed E-state index contributed by atoms with van der Waals surface area (Å²) in [4.78, 5) is 24.2. The predicted molar refractivity (Wildman–Crippen MR) is 83.7 cm³/mol. The van der Waals surface area contributed by atoms with E-state index in [4.69, 9.17) is 0 Å². The Bertz CT molecular complexity index is 696. The van der Waals surface area contributed by atoms with Crippen LogP contribution in [0.2, 0.25) is 0 Å². The third-order valence-corrected chi connectivity index (χ3v) is 4.01. The summed E-state index contributed by atoms with van der Waals surface area (Å²) in [5.41, 5.74) is 1.01. The fourth-order valence-electron chi connectivity index (χ4n) is 1.85. The maximum Gasteiger partial charge on any atom is 0.343 e. The van der Waals surface area contributed by atoms with E-state index in [9.17, 15) is 9.59 Å². The second kappa shape index (κ2) is 6.37. The smallest absolute Gasteiger partial charge is 0.343 e. The number of halogens is 2. The molecule has 1 aromatic carbocycles. The minimum atomic E-state index is -0.651. The van der Waals surface area contributed by atoms with Crippen molar-refractivity contribution in [1.29, 1.82) is 0 Å². The molecule has 4 nitrogen and oxygen atoms in total. The van der Waals surface area contributed by atoms with Crippen LogP contribution in [0.5, 0.6) is 0 Å². The zero-order valence-electron chi connectivity index (χ0n) is 10.6. The topological polar surface area (TPSA) is 48.3 Å². The van der Waals surface area contributed by atoms with Gasteiger partial charge in [-0.15, -0.1) is 0 Å². The highest BCUT2D eigenvalue weighted by molar-refractivity contribution is 9.10. The molecule has 0 unspecified atom stereocenters. The number of carbonyl (C=O) groups is 1. The van der Waals surface area contributed by atoms with Crippen LogP contribution in [-0.2, 0) is 10.1 Å². The van der Waals surface area contributed by atoms with Gasteiger partial charge in [0.1, 0.15) is 5.56 Å². The number of nitrogens with zero attached hydrogens (tertiary/aromatic N) is 1. The van der Waals surface area contributed by atoms with Crippen LogP contribution >= 0.6 is 31.9 Å². The molecule has 2 aromatic rings. The van der Waals surface area contributed by atoms with Crippen molar-refractivity contribution in [3.63, 3.8) is 0 Å². The number of carbonyl (C=O) groups excluding carboxylic acids is 1. The number of benzene rings is 1. The summed E-state index contributed by atoms with van der Waals surface area (Å²) in [6.45, 7) is 0. The van der Waals surface area contributed by atoms with E-state index < -0.39 is 11.5 Å². The van der Waals surface area contributed by atoms with Gasteiger partial charge in [0.15, 0.2) is 0 Å². The first kappa shape index (κ1) is 15.0. The number of para-hydroxylation sites is 1. The lowest BCUT2D eigenvalue weighted by Gasteiger charge is -2.14. The number of rotatable bonds is 3. The van der Waals surface area contributed by atoms with Crippen molar-refractivity contribution in [2.75, 3.05) is 7.11 Å². The van der Waals surface area contributed by atoms with Crippen molar-refractivity contribution in [3.8, 4) is 5.69 Å². The van der Waals surface area contributed by atoms with E-state index in [0.717, 1.165) is 5.69 Å². The molecule has 20 heavy (non-hydrogen) atoms. The van der Waals surface area contributed by atoms with Gasteiger partial charge >= 0.3 is 5.97 Å². The Balaban J connectivity index is 2.80. The predicted octanol–water partition coefficient (Wildman–Crippen LogP) is 3.28. The zero-order valence-corrected chi connectivity index (χ0v) is 13.8. The molecule has 0 radical (unpaired) electrons. The Morgan fingerprint density at radius 2 is 1.95 bits per heavy atom. The maximum absolute atomic E-state index is 12.5. The summed E-state index contributed by atoms with van der Waals surface area (Å²) in [6, 6.07) is 10.6. The van der Waals surface area contributed by atoms with E-state index in [0.29, 0.717) is 15.5 Å². The normalized spacial score (nSPS) is 10.3. The number of esters is 1. The van der Waals surface area contributed by atoms with E-state index in [1.54, 1.807) is 12.1 Å². The van der Waals surface area contributed by atoms with Gasteiger partial charge in [-0.1, -0.05) is 34.1 Å². The molecule has 2 rings (SSSR count). The first-order chi connectivity index (χ1) is 9.60. The minimum Gasteiger partial charge on any atom is -0.465 e. The molecule has 0 N–H and O–H groups in total. The molecular formula is C14H11Br2NO3. The summed E-state index contributed by atoms with van der Waals surface area (Å²) < 4.78 is 6.81. The standard InChI is InChI=1S/C14H11Br2NO3/c1-20-14(19)10-7-11(16)12(8-15)17(13(10)18)9-5-3-2-4-6-9/h2-7H,8H2,1H3. The molecule has 6 heteroatoms. The Kier molecular flexibility index (Phi) is 4.77. The summed E-state index contributed by atoms with van der Waals surface area (Å²) in [5, 5.41) is 0.471. The van der Waals surface area contributed by atoms with Crippen molar-refractivity contribution >= 4 is 37.8 Å². The number of hydrogen-bond donors (Lipinski definition) is 0. The van der Waals surface area contributed by atoms with Gasteiger partial charge in [0.25, 0.3) is 5.56 Å². The highest BCUT2D eigenvalue weighted by atomic mass is 79.9. The van der Waals surface area contributed by atoms with Gasteiger partial charge in [0, 0.05) is 15.5 Å². The molecule has 1 heterocycles. The van der Waals surface area contributed by atoms with Crippen LogP contribution < -0.4 is 5.56 Å². The number of aromatic nitrogens is 1. The molecule has 0 atom stereocenters. The molecule has 0 bridgehead atoms. The maximum atomic E-state index is 12.5. The Morgan fingerprint density at radius 3 is 2.50 bits per heavy atom. The monoisotopic (exact) mass is 399 g/mol. The highest BCUT2D eigenvalue weighted by Crippen LogP contribution is 2.22. The lowest BCUT2D eigenvalue weighted by molar-refractivity contribution is 0.0598. The molecule has 104 valence electrons. The third-order valence-electron chi connectivity index (χ3n) is 2.80. The highest BCUT2D eigenvalue weighted by Gasteiger charge is 2.19. The minimum absolute atomic E-state index is 0.00655. The molecule has 0 amide bonds. The van der Waals surface area contributed by atoms with Crippen LogP contribution in [0.25, 0.3) is 5.69 Å². The van der Waals surface area contributed by atoms with Gasteiger partial charge in [-0.2, -0.15) is 0 Å². The molecule has 0 saturated heterocycles. The van der Waals surface area contributed by atoms with Gasteiger partial charge < -0.3 is 4.74 Å². The lowest BCUT2D eigenvalue weighted by Crippen LogP contribution is -2.28. The van der Waals surface area contributed by atoms with Crippen LogP contribution in [0.4, 0.5) is 0 Å². The first-order valence-electron chi connectivity index (χ1n) is 5.74. The van der Waals surface area contributed by atoms with Gasteiger partial charge in [0.05, 0.1) is 12.8 Å². The van der Waals surface area contributed by atoms with Crippen LogP contribution in [0.15, 0.2) is 45.7 Å². The van der Waals surface area contributed by atoms with E-state index in [2.05, 4.69) is 36.6 Å². The molecular weight excluding hydrogens is 390 g/mol. The molecule has 0 saturated carbocycles. The van der Waals surface area contributed by atoms with Crippen molar-refractivity contribution in [3.05, 3.63) is 62.5 Å². The number of ether oxygens (including phenoxy) is 1. The number of methoxy groups -OCH3 is 1. The largest absolute Gasteiger partial charge is 0.465 e. The van der Waals surface area contributed by atoms with E-state index in [-0.39, 0.29) is 5.56 Å². The molecule has 0 aliphatic heterocycles. The Hall–Kier alpha value is -1.40. The molecule has 0 aliphatic rings.